The molecule has 150 valence electrons. The number of rotatable bonds is 6. The topological polar surface area (TPSA) is 76.0 Å². The zero-order chi connectivity index (χ0) is 20.9. The molecule has 2 N–H and O–H groups in total. The van der Waals surface area contributed by atoms with Gasteiger partial charge in [-0.05, 0) is 54.3 Å². The highest BCUT2D eigenvalue weighted by molar-refractivity contribution is 7.12. The van der Waals surface area contributed by atoms with E-state index in [0.717, 1.165) is 11.3 Å². The zero-order valence-corrected chi connectivity index (χ0v) is 17.1. The van der Waals surface area contributed by atoms with Crippen LogP contribution in [0.1, 0.15) is 38.6 Å². The zero-order valence-electron chi connectivity index (χ0n) is 16.3. The van der Waals surface area contributed by atoms with Crippen molar-refractivity contribution in [3.8, 4) is 5.69 Å². The van der Waals surface area contributed by atoms with Gasteiger partial charge in [-0.2, -0.15) is 0 Å². The van der Waals surface area contributed by atoms with Gasteiger partial charge in [-0.25, -0.2) is 4.98 Å². The molecule has 2 aromatic carbocycles. The Morgan fingerprint density at radius 1 is 1.03 bits per heavy atom. The van der Waals surface area contributed by atoms with Gasteiger partial charge < -0.3 is 15.2 Å². The summed E-state index contributed by atoms with van der Waals surface area (Å²) in [5.41, 5.74) is 3.07. The van der Waals surface area contributed by atoms with E-state index in [9.17, 15) is 9.59 Å². The van der Waals surface area contributed by atoms with E-state index in [2.05, 4.69) is 15.6 Å². The smallest absolute Gasteiger partial charge is 0.265 e. The van der Waals surface area contributed by atoms with Crippen LogP contribution in [0, 0.1) is 0 Å². The molecule has 0 spiro atoms. The van der Waals surface area contributed by atoms with Crippen molar-refractivity contribution in [1.82, 2.24) is 14.9 Å². The second-order valence-corrected chi connectivity index (χ2v) is 7.72. The van der Waals surface area contributed by atoms with Crippen LogP contribution in [0.25, 0.3) is 5.69 Å². The highest BCUT2D eigenvalue weighted by Gasteiger charge is 2.13. The summed E-state index contributed by atoms with van der Waals surface area (Å²) in [5.74, 6) is -0.387. The van der Waals surface area contributed by atoms with E-state index in [0.29, 0.717) is 16.1 Å². The van der Waals surface area contributed by atoms with Gasteiger partial charge in [0, 0.05) is 29.3 Å². The summed E-state index contributed by atoms with van der Waals surface area (Å²) in [7, 11) is 0. The van der Waals surface area contributed by atoms with E-state index < -0.39 is 0 Å². The second-order valence-electron chi connectivity index (χ2n) is 6.77. The van der Waals surface area contributed by atoms with E-state index in [1.165, 1.54) is 11.3 Å². The van der Waals surface area contributed by atoms with Crippen molar-refractivity contribution in [3.05, 3.63) is 101 Å². The van der Waals surface area contributed by atoms with Gasteiger partial charge in [0.1, 0.15) is 0 Å². The van der Waals surface area contributed by atoms with Crippen molar-refractivity contribution in [2.24, 2.45) is 0 Å². The van der Waals surface area contributed by atoms with E-state index in [-0.39, 0.29) is 17.9 Å². The number of nitrogens with zero attached hydrogens (tertiary/aromatic N) is 2. The van der Waals surface area contributed by atoms with Crippen LogP contribution in [-0.2, 0) is 0 Å². The van der Waals surface area contributed by atoms with Gasteiger partial charge in [-0.1, -0.05) is 24.3 Å². The van der Waals surface area contributed by atoms with Gasteiger partial charge >= 0.3 is 0 Å². The van der Waals surface area contributed by atoms with Crippen LogP contribution in [0.2, 0.25) is 0 Å². The molecule has 7 heteroatoms. The first-order valence-electron chi connectivity index (χ1n) is 9.44. The minimum atomic E-state index is -0.201. The number of hydrogen-bond donors (Lipinski definition) is 2. The number of thiophene rings is 1. The molecule has 1 atom stereocenters. The van der Waals surface area contributed by atoms with Crippen molar-refractivity contribution in [2.45, 2.75) is 13.0 Å². The van der Waals surface area contributed by atoms with Crippen LogP contribution in [0.5, 0.6) is 0 Å². The first-order valence-corrected chi connectivity index (χ1v) is 10.3. The Hall–Kier alpha value is -3.71. The molecule has 0 saturated carbocycles. The maximum Gasteiger partial charge on any atom is 0.265 e. The average Bonchev–Trinajstić information content (AvgIpc) is 3.48. The lowest BCUT2D eigenvalue weighted by molar-refractivity contribution is 0.0938. The van der Waals surface area contributed by atoms with Crippen molar-refractivity contribution in [1.29, 1.82) is 0 Å². The van der Waals surface area contributed by atoms with Gasteiger partial charge in [-0.15, -0.1) is 11.3 Å². The number of benzene rings is 2. The molecule has 2 heterocycles. The Labute approximate surface area is 178 Å². The monoisotopic (exact) mass is 416 g/mol. The number of carbonyl (C=O) groups excluding carboxylic acids is 2. The number of carbonyl (C=O) groups is 2. The Bertz CT molecular complexity index is 1140. The standard InChI is InChI=1S/C23H20N4O2S/c1-16(17-7-9-20(10-8-17)27-12-11-24-15-27)25-22(28)18-4-2-5-19(14-18)26-23(29)21-6-3-13-30-21/h2-16H,1H3,(H,25,28)(H,26,29)/t16-/m0/s1. The van der Waals surface area contributed by atoms with Gasteiger partial charge in [0.15, 0.2) is 0 Å². The molecule has 0 bridgehead atoms. The Balaban J connectivity index is 1.41. The first-order chi connectivity index (χ1) is 14.6. The second kappa shape index (κ2) is 8.75. The van der Waals surface area contributed by atoms with Crippen molar-refractivity contribution < 1.29 is 9.59 Å². The summed E-state index contributed by atoms with van der Waals surface area (Å²) in [4.78, 5) is 29.6. The third-order valence-electron chi connectivity index (χ3n) is 4.67. The molecule has 0 aliphatic heterocycles. The molecule has 0 fully saturated rings. The average molecular weight is 417 g/mol. The molecule has 0 unspecified atom stereocenters. The van der Waals surface area contributed by atoms with E-state index in [1.54, 1.807) is 42.9 Å². The lowest BCUT2D eigenvalue weighted by Gasteiger charge is -2.15. The van der Waals surface area contributed by atoms with Gasteiger partial charge in [-0.3, -0.25) is 9.59 Å². The number of anilines is 1. The van der Waals surface area contributed by atoms with Crippen LogP contribution < -0.4 is 10.6 Å². The quantitative estimate of drug-likeness (QED) is 0.479. The third kappa shape index (κ3) is 4.47. The minimum Gasteiger partial charge on any atom is -0.346 e. The summed E-state index contributed by atoms with van der Waals surface area (Å²) in [6.07, 6.45) is 5.35. The third-order valence-corrected chi connectivity index (χ3v) is 5.54. The van der Waals surface area contributed by atoms with Crippen LogP contribution in [0.3, 0.4) is 0 Å². The molecule has 4 rings (SSSR count). The van der Waals surface area contributed by atoms with Crippen LogP contribution in [0.4, 0.5) is 5.69 Å². The van der Waals surface area contributed by atoms with E-state index in [1.807, 2.05) is 53.4 Å². The fourth-order valence-electron chi connectivity index (χ4n) is 3.05. The maximum absolute atomic E-state index is 12.7. The number of imidazole rings is 1. The summed E-state index contributed by atoms with van der Waals surface area (Å²) in [6, 6.07) is 18.3. The predicted octanol–water partition coefficient (Wildman–Crippen LogP) is 4.68. The number of amides is 2. The van der Waals surface area contributed by atoms with E-state index >= 15 is 0 Å². The van der Waals surface area contributed by atoms with Gasteiger partial charge in [0.05, 0.1) is 17.2 Å². The fourth-order valence-corrected chi connectivity index (χ4v) is 3.67. The van der Waals surface area contributed by atoms with E-state index in [4.69, 9.17) is 0 Å². The highest BCUT2D eigenvalue weighted by Crippen LogP contribution is 2.18. The lowest BCUT2D eigenvalue weighted by Crippen LogP contribution is -2.26. The lowest BCUT2D eigenvalue weighted by atomic mass is 10.1. The largest absolute Gasteiger partial charge is 0.346 e. The number of nitrogens with one attached hydrogen (secondary N) is 2. The molecule has 4 aromatic rings. The van der Waals surface area contributed by atoms with Crippen molar-refractivity contribution in [2.75, 3.05) is 5.32 Å². The highest BCUT2D eigenvalue weighted by atomic mass is 32.1. The molecule has 2 amide bonds. The molecule has 2 aromatic heterocycles. The van der Waals surface area contributed by atoms with Gasteiger partial charge in [0.25, 0.3) is 11.8 Å². The molecule has 30 heavy (non-hydrogen) atoms. The molecule has 6 nitrogen and oxygen atoms in total. The molecular weight excluding hydrogens is 396 g/mol. The molecule has 0 radical (unpaired) electrons. The Kier molecular flexibility index (Phi) is 5.72. The van der Waals surface area contributed by atoms with Crippen LogP contribution >= 0.6 is 11.3 Å². The van der Waals surface area contributed by atoms with Crippen LogP contribution in [-0.4, -0.2) is 21.4 Å². The minimum absolute atomic E-state index is 0.168. The fraction of sp³-hybridized carbons (Fsp3) is 0.0870. The Morgan fingerprint density at radius 3 is 2.57 bits per heavy atom. The van der Waals surface area contributed by atoms with Crippen LogP contribution in [0.15, 0.2) is 84.8 Å². The number of hydrogen-bond acceptors (Lipinski definition) is 4. The molecule has 0 aliphatic carbocycles. The molecular formula is C23H20N4O2S. The van der Waals surface area contributed by atoms with Gasteiger partial charge in [0.2, 0.25) is 0 Å². The predicted molar refractivity (Wildman–Crippen MR) is 118 cm³/mol. The molecule has 0 aliphatic rings. The van der Waals surface area contributed by atoms with Crippen molar-refractivity contribution >= 4 is 28.8 Å². The Morgan fingerprint density at radius 2 is 1.87 bits per heavy atom. The summed E-state index contributed by atoms with van der Waals surface area (Å²) in [5, 5.41) is 7.68. The summed E-state index contributed by atoms with van der Waals surface area (Å²) >= 11 is 1.37. The maximum atomic E-state index is 12.7. The van der Waals surface area contributed by atoms with Crippen molar-refractivity contribution in [3.63, 3.8) is 0 Å². The summed E-state index contributed by atoms with van der Waals surface area (Å²) in [6.45, 7) is 1.94. The summed E-state index contributed by atoms with van der Waals surface area (Å²) < 4.78 is 1.92. The molecule has 0 saturated heterocycles. The normalized spacial score (nSPS) is 11.6. The number of aromatic nitrogens is 2. The first kappa shape index (κ1) is 19.6. The SMILES string of the molecule is C[C@H](NC(=O)c1cccc(NC(=O)c2cccs2)c1)c1ccc(-n2ccnc2)cc1.